The van der Waals surface area contributed by atoms with Gasteiger partial charge in [0.25, 0.3) is 5.91 Å². The van der Waals surface area contributed by atoms with Crippen LogP contribution in [0.15, 0.2) is 36.5 Å². The third-order valence-electron chi connectivity index (χ3n) is 3.87. The van der Waals surface area contributed by atoms with Crippen LogP contribution < -0.4 is 5.32 Å². The van der Waals surface area contributed by atoms with E-state index in [1.807, 2.05) is 29.1 Å². The van der Waals surface area contributed by atoms with Crippen LogP contribution in [0.2, 0.25) is 0 Å². The standard InChI is InChI=1S/C17H21N3O3/c1-22-10-8-20-12-14-7-9-23-15(16(14)19-20)11-18-17(21)13-5-3-2-4-6-13/h2-6,12,15H,7-11H2,1H3,(H,18,21). The van der Waals surface area contributed by atoms with Gasteiger partial charge in [-0.25, -0.2) is 0 Å². The van der Waals surface area contributed by atoms with Crippen LogP contribution in [-0.2, 0) is 22.4 Å². The minimum absolute atomic E-state index is 0.0971. The zero-order chi connectivity index (χ0) is 16.1. The summed E-state index contributed by atoms with van der Waals surface area (Å²) in [7, 11) is 1.68. The predicted molar refractivity (Wildman–Crippen MR) is 85.3 cm³/mol. The van der Waals surface area contributed by atoms with Gasteiger partial charge in [-0.3, -0.25) is 9.48 Å². The summed E-state index contributed by atoms with van der Waals surface area (Å²) in [5.74, 6) is -0.0971. The van der Waals surface area contributed by atoms with E-state index < -0.39 is 0 Å². The molecule has 1 aromatic heterocycles. The number of fused-ring (bicyclic) bond motifs is 1. The molecule has 122 valence electrons. The fourth-order valence-corrected chi connectivity index (χ4v) is 2.66. The molecule has 1 N–H and O–H groups in total. The summed E-state index contributed by atoms with van der Waals surface area (Å²) in [4.78, 5) is 12.1. The summed E-state index contributed by atoms with van der Waals surface area (Å²) < 4.78 is 12.8. The number of methoxy groups -OCH3 is 1. The van der Waals surface area contributed by atoms with E-state index in [4.69, 9.17) is 9.47 Å². The maximum atomic E-state index is 12.1. The molecule has 1 aliphatic heterocycles. The lowest BCUT2D eigenvalue weighted by atomic mass is 10.1. The minimum atomic E-state index is -0.199. The lowest BCUT2D eigenvalue weighted by Gasteiger charge is -2.22. The SMILES string of the molecule is COCCn1cc2c(n1)C(CNC(=O)c1ccccc1)OCC2. The monoisotopic (exact) mass is 315 g/mol. The average Bonchev–Trinajstić information content (AvgIpc) is 3.02. The maximum absolute atomic E-state index is 12.1. The highest BCUT2D eigenvalue weighted by molar-refractivity contribution is 5.94. The van der Waals surface area contributed by atoms with Crippen LogP contribution in [0.4, 0.5) is 0 Å². The number of nitrogens with zero attached hydrogens (tertiary/aromatic N) is 2. The highest BCUT2D eigenvalue weighted by Crippen LogP contribution is 2.25. The van der Waals surface area contributed by atoms with Gasteiger partial charge in [-0.05, 0) is 24.1 Å². The molecule has 0 aliphatic carbocycles. The Morgan fingerprint density at radius 2 is 2.26 bits per heavy atom. The number of hydrogen-bond acceptors (Lipinski definition) is 4. The summed E-state index contributed by atoms with van der Waals surface area (Å²) >= 11 is 0. The van der Waals surface area contributed by atoms with Gasteiger partial charge < -0.3 is 14.8 Å². The Kier molecular flexibility index (Phi) is 5.05. The van der Waals surface area contributed by atoms with Crippen LogP contribution in [0.3, 0.4) is 0 Å². The third-order valence-corrected chi connectivity index (χ3v) is 3.87. The van der Waals surface area contributed by atoms with Gasteiger partial charge in [0.15, 0.2) is 0 Å². The largest absolute Gasteiger partial charge is 0.383 e. The van der Waals surface area contributed by atoms with E-state index in [2.05, 4.69) is 10.4 Å². The lowest BCUT2D eigenvalue weighted by Crippen LogP contribution is -2.31. The van der Waals surface area contributed by atoms with Crippen molar-refractivity contribution in [2.75, 3.05) is 26.9 Å². The number of rotatable bonds is 6. The van der Waals surface area contributed by atoms with Crippen molar-refractivity contribution in [3.8, 4) is 0 Å². The van der Waals surface area contributed by atoms with Gasteiger partial charge in [-0.1, -0.05) is 18.2 Å². The molecule has 0 spiro atoms. The van der Waals surface area contributed by atoms with Crippen molar-refractivity contribution in [3.05, 3.63) is 53.3 Å². The number of carbonyl (C=O) groups excluding carboxylic acids is 1. The number of amides is 1. The van der Waals surface area contributed by atoms with Gasteiger partial charge in [-0.15, -0.1) is 0 Å². The second kappa shape index (κ2) is 7.39. The average molecular weight is 315 g/mol. The quantitative estimate of drug-likeness (QED) is 0.879. The van der Waals surface area contributed by atoms with Crippen molar-refractivity contribution in [3.63, 3.8) is 0 Å². The van der Waals surface area contributed by atoms with Gasteiger partial charge in [0.2, 0.25) is 0 Å². The molecule has 1 aliphatic rings. The summed E-state index contributed by atoms with van der Waals surface area (Å²) in [6.07, 6.45) is 2.70. The van der Waals surface area contributed by atoms with E-state index >= 15 is 0 Å². The normalized spacial score (nSPS) is 16.8. The molecule has 0 bridgehead atoms. The second-order valence-corrected chi connectivity index (χ2v) is 5.48. The number of hydrogen-bond donors (Lipinski definition) is 1. The van der Waals surface area contributed by atoms with Crippen molar-refractivity contribution in [2.24, 2.45) is 0 Å². The van der Waals surface area contributed by atoms with E-state index in [1.54, 1.807) is 19.2 Å². The van der Waals surface area contributed by atoms with E-state index in [9.17, 15) is 4.79 Å². The Bertz CT molecular complexity index is 654. The first-order valence-electron chi connectivity index (χ1n) is 7.78. The third kappa shape index (κ3) is 3.78. The number of ether oxygens (including phenoxy) is 2. The molecule has 23 heavy (non-hydrogen) atoms. The molecule has 1 unspecified atom stereocenters. The first-order chi connectivity index (χ1) is 11.3. The first-order valence-corrected chi connectivity index (χ1v) is 7.78. The van der Waals surface area contributed by atoms with Crippen molar-refractivity contribution >= 4 is 5.91 Å². The van der Waals surface area contributed by atoms with Crippen molar-refractivity contribution < 1.29 is 14.3 Å². The van der Waals surface area contributed by atoms with E-state index in [-0.39, 0.29) is 12.0 Å². The van der Waals surface area contributed by atoms with Gasteiger partial charge in [0.05, 0.1) is 25.5 Å². The molecule has 0 saturated heterocycles. The molecule has 6 nitrogen and oxygen atoms in total. The molecule has 1 aromatic carbocycles. The highest BCUT2D eigenvalue weighted by Gasteiger charge is 2.25. The van der Waals surface area contributed by atoms with Crippen molar-refractivity contribution in [1.29, 1.82) is 0 Å². The molecule has 3 rings (SSSR count). The second-order valence-electron chi connectivity index (χ2n) is 5.48. The Morgan fingerprint density at radius 3 is 3.04 bits per heavy atom. The van der Waals surface area contributed by atoms with E-state index in [1.165, 1.54) is 5.56 Å². The Balaban J connectivity index is 1.64. The van der Waals surface area contributed by atoms with Crippen molar-refractivity contribution in [2.45, 2.75) is 19.1 Å². The molecule has 6 heteroatoms. The van der Waals surface area contributed by atoms with E-state index in [0.717, 1.165) is 12.1 Å². The fraction of sp³-hybridized carbons (Fsp3) is 0.412. The minimum Gasteiger partial charge on any atom is -0.383 e. The Morgan fingerprint density at radius 1 is 1.43 bits per heavy atom. The predicted octanol–water partition coefficient (Wildman–Crippen LogP) is 1.57. The van der Waals surface area contributed by atoms with Gasteiger partial charge >= 0.3 is 0 Å². The Hall–Kier alpha value is -2.18. The maximum Gasteiger partial charge on any atom is 0.251 e. The molecule has 0 saturated carbocycles. The van der Waals surface area contributed by atoms with Crippen LogP contribution in [0.5, 0.6) is 0 Å². The number of aromatic nitrogens is 2. The molecule has 0 radical (unpaired) electrons. The van der Waals surface area contributed by atoms with Gasteiger partial charge in [-0.2, -0.15) is 5.10 Å². The molecule has 2 heterocycles. The summed E-state index contributed by atoms with van der Waals surface area (Å²) in [5.41, 5.74) is 2.75. The fourth-order valence-electron chi connectivity index (χ4n) is 2.66. The molecule has 1 atom stereocenters. The van der Waals surface area contributed by atoms with E-state index in [0.29, 0.717) is 31.9 Å². The molecule has 0 fully saturated rings. The smallest absolute Gasteiger partial charge is 0.251 e. The van der Waals surface area contributed by atoms with Crippen LogP contribution in [-0.4, -0.2) is 42.6 Å². The van der Waals surface area contributed by atoms with Crippen LogP contribution in [0, 0.1) is 0 Å². The summed E-state index contributed by atoms with van der Waals surface area (Å²) in [6.45, 7) is 2.40. The Labute approximate surface area is 135 Å². The number of nitrogens with one attached hydrogen (secondary N) is 1. The van der Waals surface area contributed by atoms with Crippen LogP contribution >= 0.6 is 0 Å². The zero-order valence-electron chi connectivity index (χ0n) is 13.2. The molecular formula is C17H21N3O3. The lowest BCUT2D eigenvalue weighted by molar-refractivity contribution is 0.0382. The summed E-state index contributed by atoms with van der Waals surface area (Å²) in [5, 5.41) is 7.50. The van der Waals surface area contributed by atoms with Gasteiger partial charge in [0.1, 0.15) is 6.10 Å². The first kappa shape index (κ1) is 15.7. The zero-order valence-corrected chi connectivity index (χ0v) is 13.2. The topological polar surface area (TPSA) is 65.4 Å². The van der Waals surface area contributed by atoms with Crippen LogP contribution in [0.1, 0.15) is 27.7 Å². The highest BCUT2D eigenvalue weighted by atomic mass is 16.5. The molecule has 2 aromatic rings. The molecular weight excluding hydrogens is 294 g/mol. The number of benzene rings is 1. The number of carbonyl (C=O) groups is 1. The van der Waals surface area contributed by atoms with Crippen molar-refractivity contribution in [1.82, 2.24) is 15.1 Å². The van der Waals surface area contributed by atoms with Gasteiger partial charge in [0, 0.05) is 25.4 Å². The summed E-state index contributed by atoms with van der Waals surface area (Å²) in [6, 6.07) is 9.17. The molecule has 1 amide bonds. The van der Waals surface area contributed by atoms with Crippen LogP contribution in [0.25, 0.3) is 0 Å².